The van der Waals surface area contributed by atoms with E-state index in [9.17, 15) is 4.39 Å². The molecule has 1 aromatic carbocycles. The zero-order chi connectivity index (χ0) is 12.1. The van der Waals surface area contributed by atoms with Gasteiger partial charge in [0.1, 0.15) is 5.82 Å². The van der Waals surface area contributed by atoms with Crippen molar-refractivity contribution in [3.8, 4) is 0 Å². The van der Waals surface area contributed by atoms with Gasteiger partial charge >= 0.3 is 0 Å². The van der Waals surface area contributed by atoms with Crippen LogP contribution >= 0.6 is 0 Å². The van der Waals surface area contributed by atoms with E-state index in [2.05, 4.69) is 18.7 Å². The van der Waals surface area contributed by atoms with Gasteiger partial charge in [0.25, 0.3) is 0 Å². The average molecular weight is 224 g/mol. The van der Waals surface area contributed by atoms with Gasteiger partial charge in [-0.25, -0.2) is 4.39 Å². The topological polar surface area (TPSA) is 29.3 Å². The van der Waals surface area contributed by atoms with Crippen molar-refractivity contribution in [3.63, 3.8) is 0 Å². The predicted octanol–water partition coefficient (Wildman–Crippen LogP) is 2.89. The van der Waals surface area contributed by atoms with Crippen molar-refractivity contribution in [1.29, 1.82) is 0 Å². The number of rotatable bonds is 5. The first-order valence-electron chi connectivity index (χ1n) is 5.75. The van der Waals surface area contributed by atoms with Crippen molar-refractivity contribution in [2.75, 3.05) is 19.3 Å². The second kappa shape index (κ2) is 5.85. The Morgan fingerprint density at radius 3 is 2.69 bits per heavy atom. The van der Waals surface area contributed by atoms with E-state index in [1.54, 1.807) is 12.1 Å². The third-order valence-corrected chi connectivity index (χ3v) is 2.84. The second-order valence-electron chi connectivity index (χ2n) is 4.56. The molecule has 1 unspecified atom stereocenters. The van der Waals surface area contributed by atoms with E-state index in [0.29, 0.717) is 23.7 Å². The quantitative estimate of drug-likeness (QED) is 0.779. The number of nitrogens with two attached hydrogens (primary N) is 1. The third kappa shape index (κ3) is 3.81. The molecule has 0 aromatic heterocycles. The Bertz CT molecular complexity index is 339. The van der Waals surface area contributed by atoms with Gasteiger partial charge in [-0.3, -0.25) is 0 Å². The molecular weight excluding hydrogens is 203 g/mol. The van der Waals surface area contributed by atoms with E-state index in [1.807, 2.05) is 7.05 Å². The van der Waals surface area contributed by atoms with Crippen LogP contribution in [0.2, 0.25) is 0 Å². The summed E-state index contributed by atoms with van der Waals surface area (Å²) in [6.07, 6.45) is 1.15. The first-order valence-corrected chi connectivity index (χ1v) is 5.75. The SMILES string of the molecule is CCC(C)CN(C)Cc1ccc(N)cc1F. The van der Waals surface area contributed by atoms with E-state index in [0.717, 1.165) is 13.0 Å². The Hall–Kier alpha value is -1.09. The number of anilines is 1. The minimum Gasteiger partial charge on any atom is -0.399 e. The lowest BCUT2D eigenvalue weighted by atomic mass is 10.1. The Kier molecular flexibility index (Phi) is 4.74. The fraction of sp³-hybridized carbons (Fsp3) is 0.538. The Labute approximate surface area is 97.3 Å². The summed E-state index contributed by atoms with van der Waals surface area (Å²) in [4.78, 5) is 2.14. The molecule has 0 aliphatic carbocycles. The number of hydrogen-bond donors (Lipinski definition) is 1. The van der Waals surface area contributed by atoms with E-state index in [4.69, 9.17) is 5.73 Å². The van der Waals surface area contributed by atoms with Crippen molar-refractivity contribution in [3.05, 3.63) is 29.6 Å². The van der Waals surface area contributed by atoms with Gasteiger partial charge in [0.05, 0.1) is 0 Å². The number of halogens is 1. The van der Waals surface area contributed by atoms with Gasteiger partial charge in [0.2, 0.25) is 0 Å². The molecule has 0 saturated carbocycles. The molecule has 0 spiro atoms. The highest BCUT2D eigenvalue weighted by molar-refractivity contribution is 5.40. The summed E-state index contributed by atoms with van der Waals surface area (Å²) in [5.74, 6) is 0.429. The van der Waals surface area contributed by atoms with Crippen molar-refractivity contribution in [1.82, 2.24) is 4.90 Å². The lowest BCUT2D eigenvalue weighted by Crippen LogP contribution is -2.24. The number of nitrogen functional groups attached to an aromatic ring is 1. The van der Waals surface area contributed by atoms with E-state index in [-0.39, 0.29) is 5.82 Å². The molecule has 0 radical (unpaired) electrons. The predicted molar refractivity (Wildman–Crippen MR) is 66.6 cm³/mol. The Balaban J connectivity index is 2.59. The fourth-order valence-corrected chi connectivity index (χ4v) is 1.71. The summed E-state index contributed by atoms with van der Waals surface area (Å²) in [6.45, 7) is 5.99. The van der Waals surface area contributed by atoms with Crippen LogP contribution < -0.4 is 5.73 Å². The lowest BCUT2D eigenvalue weighted by molar-refractivity contribution is 0.272. The molecule has 0 saturated heterocycles. The van der Waals surface area contributed by atoms with Crippen LogP contribution in [-0.4, -0.2) is 18.5 Å². The number of nitrogens with zero attached hydrogens (tertiary/aromatic N) is 1. The molecule has 0 fully saturated rings. The van der Waals surface area contributed by atoms with Gasteiger partial charge in [-0.1, -0.05) is 26.3 Å². The maximum Gasteiger partial charge on any atom is 0.129 e. The largest absolute Gasteiger partial charge is 0.399 e. The molecule has 1 rings (SSSR count). The van der Waals surface area contributed by atoms with Crippen LogP contribution in [0.3, 0.4) is 0 Å². The van der Waals surface area contributed by atoms with Gasteiger partial charge in [0, 0.05) is 24.3 Å². The zero-order valence-corrected chi connectivity index (χ0v) is 10.3. The number of benzene rings is 1. The van der Waals surface area contributed by atoms with Crippen LogP contribution in [0.25, 0.3) is 0 Å². The molecule has 1 atom stereocenters. The fourth-order valence-electron chi connectivity index (χ4n) is 1.71. The third-order valence-electron chi connectivity index (χ3n) is 2.84. The van der Waals surface area contributed by atoms with Gasteiger partial charge in [-0.2, -0.15) is 0 Å². The zero-order valence-electron chi connectivity index (χ0n) is 10.3. The molecule has 3 heteroatoms. The van der Waals surface area contributed by atoms with Crippen LogP contribution in [0.4, 0.5) is 10.1 Å². The molecule has 1 aromatic rings. The molecule has 0 bridgehead atoms. The first kappa shape index (κ1) is 13.0. The maximum absolute atomic E-state index is 13.5. The highest BCUT2D eigenvalue weighted by atomic mass is 19.1. The standard InChI is InChI=1S/C13H21FN2/c1-4-10(2)8-16(3)9-11-5-6-12(15)7-13(11)14/h5-7,10H,4,8-9,15H2,1-3H3. The summed E-state index contributed by atoms with van der Waals surface area (Å²) in [5.41, 5.74) is 6.69. The highest BCUT2D eigenvalue weighted by Gasteiger charge is 2.08. The van der Waals surface area contributed by atoms with E-state index in [1.165, 1.54) is 6.07 Å². The molecule has 2 nitrogen and oxygen atoms in total. The van der Waals surface area contributed by atoms with Crippen molar-refractivity contribution in [2.45, 2.75) is 26.8 Å². The smallest absolute Gasteiger partial charge is 0.129 e. The highest BCUT2D eigenvalue weighted by Crippen LogP contribution is 2.14. The van der Waals surface area contributed by atoms with E-state index >= 15 is 0 Å². The molecular formula is C13H21FN2. The Morgan fingerprint density at radius 1 is 1.44 bits per heavy atom. The van der Waals surface area contributed by atoms with Crippen LogP contribution in [0, 0.1) is 11.7 Å². The number of hydrogen-bond acceptors (Lipinski definition) is 2. The molecule has 0 aliphatic heterocycles. The van der Waals surface area contributed by atoms with Crippen molar-refractivity contribution in [2.24, 2.45) is 5.92 Å². The normalized spacial score (nSPS) is 13.1. The van der Waals surface area contributed by atoms with Gasteiger partial charge in [-0.15, -0.1) is 0 Å². The minimum atomic E-state index is -0.212. The van der Waals surface area contributed by atoms with Crippen LogP contribution in [0.1, 0.15) is 25.8 Å². The van der Waals surface area contributed by atoms with Crippen LogP contribution in [-0.2, 0) is 6.54 Å². The van der Waals surface area contributed by atoms with Crippen LogP contribution in [0.5, 0.6) is 0 Å². The molecule has 0 heterocycles. The molecule has 90 valence electrons. The van der Waals surface area contributed by atoms with Crippen molar-refractivity contribution < 1.29 is 4.39 Å². The van der Waals surface area contributed by atoms with Crippen molar-refractivity contribution >= 4 is 5.69 Å². The minimum absolute atomic E-state index is 0.212. The van der Waals surface area contributed by atoms with Gasteiger partial charge in [-0.05, 0) is 25.1 Å². The summed E-state index contributed by atoms with van der Waals surface area (Å²) in [5, 5.41) is 0. The van der Waals surface area contributed by atoms with Gasteiger partial charge in [0.15, 0.2) is 0 Å². The monoisotopic (exact) mass is 224 g/mol. The summed E-state index contributed by atoms with van der Waals surface area (Å²) in [7, 11) is 2.02. The molecule has 0 aliphatic rings. The molecule has 16 heavy (non-hydrogen) atoms. The maximum atomic E-state index is 13.5. The average Bonchev–Trinajstić information content (AvgIpc) is 2.22. The Morgan fingerprint density at radius 2 is 2.12 bits per heavy atom. The summed E-state index contributed by atoms with van der Waals surface area (Å²) in [6, 6.07) is 4.89. The summed E-state index contributed by atoms with van der Waals surface area (Å²) < 4.78 is 13.5. The lowest BCUT2D eigenvalue weighted by Gasteiger charge is -2.20. The first-order chi connectivity index (χ1) is 7.52. The molecule has 2 N–H and O–H groups in total. The molecule has 0 amide bonds. The van der Waals surface area contributed by atoms with E-state index < -0.39 is 0 Å². The van der Waals surface area contributed by atoms with Crippen LogP contribution in [0.15, 0.2) is 18.2 Å². The second-order valence-corrected chi connectivity index (χ2v) is 4.56. The van der Waals surface area contributed by atoms with Gasteiger partial charge < -0.3 is 10.6 Å². The summed E-state index contributed by atoms with van der Waals surface area (Å²) >= 11 is 0.